The molecule has 5 saturated carbocycles. The largest absolute Gasteiger partial charge is 0.350 e. The lowest BCUT2D eigenvalue weighted by molar-refractivity contribution is -0.138. The summed E-state index contributed by atoms with van der Waals surface area (Å²) < 4.78 is 0. The molecule has 1 unspecified atom stereocenters. The highest BCUT2D eigenvalue weighted by molar-refractivity contribution is 6.02. The monoisotopic (exact) mass is 1560 g/mol. The van der Waals surface area contributed by atoms with Crippen LogP contribution < -0.4 is 21.3 Å². The van der Waals surface area contributed by atoms with E-state index >= 15 is 0 Å². The van der Waals surface area contributed by atoms with E-state index in [2.05, 4.69) is 263 Å². The third kappa shape index (κ3) is 25.9. The summed E-state index contributed by atoms with van der Waals surface area (Å²) in [6.07, 6.45) is 19.8. The summed E-state index contributed by atoms with van der Waals surface area (Å²) >= 11 is 0. The first-order valence-corrected chi connectivity index (χ1v) is 44.8. The summed E-state index contributed by atoms with van der Waals surface area (Å²) in [5.74, 6) is 12.2. The highest BCUT2D eigenvalue weighted by atomic mass is 16.2. The van der Waals surface area contributed by atoms with Crippen molar-refractivity contribution >= 4 is 58.2 Å². The second kappa shape index (κ2) is 44.4. The number of hydrogen-bond donors (Lipinski definition) is 4. The van der Waals surface area contributed by atoms with Crippen molar-refractivity contribution in [1.29, 1.82) is 0 Å². The maximum absolute atomic E-state index is 11.8. The molecule has 0 bridgehead atoms. The molecule has 0 aromatic rings. The van der Waals surface area contributed by atoms with Gasteiger partial charge in [0, 0.05) is 118 Å². The Morgan fingerprint density at radius 2 is 0.595 bits per heavy atom. The molecule has 9 fully saturated rings. The van der Waals surface area contributed by atoms with Crippen molar-refractivity contribution in [1.82, 2.24) is 21.3 Å². The molecular formula is C97H176N4O10. The molecular weight excluding hydrogens is 1380 g/mol. The summed E-state index contributed by atoms with van der Waals surface area (Å²) in [4.78, 5) is 114. The number of amides is 3. The van der Waals surface area contributed by atoms with E-state index in [1.54, 1.807) is 0 Å². The van der Waals surface area contributed by atoms with Crippen LogP contribution in [-0.2, 0) is 47.9 Å². The Bertz CT molecular complexity index is 2790. The minimum absolute atomic E-state index is 0.0139. The zero-order valence-corrected chi connectivity index (χ0v) is 78.6. The van der Waals surface area contributed by atoms with Gasteiger partial charge in [-0.25, -0.2) is 0 Å². The van der Waals surface area contributed by atoms with E-state index < -0.39 is 0 Å². The molecule has 4 saturated heterocycles. The fraction of sp³-hybridized carbons (Fsp3) is 0.876. The first-order valence-electron chi connectivity index (χ1n) is 44.8. The number of Topliss-reactive ketones (excluding diaryl/α,β-unsaturated/α-hetero) is 7. The molecule has 0 radical (unpaired) electrons. The molecule has 3 amide bonds. The number of carbonyl (C=O) groups is 10. The average molecular weight is 1560 g/mol. The van der Waals surface area contributed by atoms with Crippen LogP contribution >= 0.6 is 0 Å². The Hall–Kier alpha value is -4.20. The third-order valence-electron chi connectivity index (χ3n) is 31.2. The number of hydrogen-bond acceptors (Lipinski definition) is 11. The van der Waals surface area contributed by atoms with Crippen LogP contribution in [0.5, 0.6) is 0 Å². The van der Waals surface area contributed by atoms with Gasteiger partial charge in [0.2, 0.25) is 17.7 Å². The molecule has 0 aromatic carbocycles. The minimum Gasteiger partial charge on any atom is -0.350 e. The van der Waals surface area contributed by atoms with Crippen molar-refractivity contribution < 1.29 is 47.9 Å². The van der Waals surface area contributed by atoms with E-state index in [0.717, 1.165) is 109 Å². The van der Waals surface area contributed by atoms with E-state index in [0.29, 0.717) is 184 Å². The Balaban J connectivity index is 0.000000625. The minimum atomic E-state index is -0.236. The molecule has 4 aliphatic heterocycles. The van der Waals surface area contributed by atoms with Crippen LogP contribution in [0.2, 0.25) is 0 Å². The summed E-state index contributed by atoms with van der Waals surface area (Å²) in [6.45, 7) is 81.4. The van der Waals surface area contributed by atoms with E-state index in [9.17, 15) is 47.9 Å². The Morgan fingerprint density at radius 1 is 0.270 bits per heavy atom. The van der Waals surface area contributed by atoms with Gasteiger partial charge in [-0.1, -0.05) is 242 Å². The van der Waals surface area contributed by atoms with Crippen LogP contribution in [0.15, 0.2) is 12.3 Å². The van der Waals surface area contributed by atoms with Gasteiger partial charge in [-0.2, -0.15) is 0 Å². The standard InChI is InChI=1S/C12H20O2.C12H22O.C11H19NO.C11H21NO.3C11H20O.C10H19NO.C8H15NO/c1-8(2)12(9(3)4)6-10(13)5-11(14)7-12;1-9(2)12(10(3)4)7-5-6-11(13)8-12;1-7(2)11(8(3)4)6-10(13)12-9(11)5;1-8(2)11(9(3)4)7-5-6-10(13)12-11;2*1-8(2)11(9(3)4)6-5-10(12)7-11;1-8(2)11(9(3)4)7-5-6-10(11)12;1-7(2)10(8(3)4)6-5-9(12)11-10;1-6(2)8(3)7(10)4-5-9-8/h8-9H,5-7H2,1-4H3;9-10H,5-8H2,1-4H3;7-8H,5-6H2,1-4H3,(H,12,13);8-9H,5-7H2,1-4H3,(H,12,13);3*8-9H,5-7H2,1-4H3;7-8H,5-6H2,1-4H3,(H,11,12);6,9H,4-5H2,1-3H3. The second-order valence-corrected chi connectivity index (χ2v) is 41.6. The van der Waals surface area contributed by atoms with Gasteiger partial charge < -0.3 is 21.3 Å². The second-order valence-electron chi connectivity index (χ2n) is 41.6. The van der Waals surface area contributed by atoms with Gasteiger partial charge in [0.05, 0.1) is 12.0 Å². The van der Waals surface area contributed by atoms with Crippen molar-refractivity contribution in [3.8, 4) is 0 Å². The molecule has 14 heteroatoms. The zero-order valence-electron chi connectivity index (χ0n) is 78.6. The van der Waals surface area contributed by atoms with Gasteiger partial charge in [-0.3, -0.25) is 47.9 Å². The highest BCUT2D eigenvalue weighted by Crippen LogP contribution is 2.53. The fourth-order valence-electron chi connectivity index (χ4n) is 21.9. The predicted molar refractivity (Wildman–Crippen MR) is 464 cm³/mol. The molecule has 1 atom stereocenters. The van der Waals surface area contributed by atoms with Gasteiger partial charge >= 0.3 is 0 Å². The predicted octanol–water partition coefficient (Wildman–Crippen LogP) is 22.7. The lowest BCUT2D eigenvalue weighted by Gasteiger charge is -2.45. The van der Waals surface area contributed by atoms with E-state index in [1.165, 1.54) is 6.42 Å². The summed E-state index contributed by atoms with van der Waals surface area (Å²) in [7, 11) is 0. The van der Waals surface area contributed by atoms with Gasteiger partial charge in [0.15, 0.2) is 5.78 Å². The van der Waals surface area contributed by atoms with Crippen molar-refractivity contribution in [2.75, 3.05) is 6.54 Å². The lowest BCUT2D eigenvalue weighted by Crippen LogP contribution is -2.58. The van der Waals surface area contributed by atoms with Crippen molar-refractivity contribution in [3.63, 3.8) is 0 Å². The number of carbonyl (C=O) groups excluding carboxylic acids is 10. The van der Waals surface area contributed by atoms with Crippen LogP contribution in [0.25, 0.3) is 0 Å². The number of rotatable bonds is 17. The fourth-order valence-corrected chi connectivity index (χ4v) is 21.9. The number of ketones is 7. The molecule has 5 aliphatic carbocycles. The Labute approximate surface area is 682 Å². The smallest absolute Gasteiger partial charge is 0.225 e. The van der Waals surface area contributed by atoms with Gasteiger partial charge in [0.25, 0.3) is 0 Å². The van der Waals surface area contributed by atoms with E-state index in [1.807, 2.05) is 6.92 Å². The Morgan fingerprint density at radius 3 is 0.793 bits per heavy atom. The van der Waals surface area contributed by atoms with E-state index in [-0.39, 0.29) is 68.6 Å². The summed E-state index contributed by atoms with van der Waals surface area (Å²) in [5, 5.41) is 12.4. The van der Waals surface area contributed by atoms with Crippen LogP contribution in [0.4, 0.5) is 0 Å². The highest BCUT2D eigenvalue weighted by Gasteiger charge is 2.51. The van der Waals surface area contributed by atoms with Crippen LogP contribution in [-0.4, -0.2) is 81.4 Å². The Kier molecular flexibility index (Phi) is 41.9. The van der Waals surface area contributed by atoms with Crippen molar-refractivity contribution in [2.45, 2.75) is 407 Å². The number of allylic oxidation sites excluding steroid dienone is 1. The van der Waals surface area contributed by atoms with Crippen LogP contribution in [0.3, 0.4) is 0 Å². The van der Waals surface area contributed by atoms with Crippen LogP contribution in [0.1, 0.15) is 390 Å². The zero-order chi connectivity index (χ0) is 86.5. The average Bonchev–Trinajstić information content (AvgIpc) is 1.29. The molecule has 0 spiro atoms. The van der Waals surface area contributed by atoms with Crippen molar-refractivity contribution in [3.05, 3.63) is 12.3 Å². The first kappa shape index (κ1) is 105. The maximum Gasteiger partial charge on any atom is 0.225 e. The molecule has 14 nitrogen and oxygen atoms in total. The van der Waals surface area contributed by atoms with E-state index in [4.69, 9.17) is 0 Å². The number of nitrogens with one attached hydrogen (secondary N) is 4. The van der Waals surface area contributed by atoms with Gasteiger partial charge in [-0.05, 0) is 187 Å². The molecule has 4 N–H and O–H groups in total. The number of piperidine rings is 1. The molecule has 0 aromatic heterocycles. The third-order valence-corrected chi connectivity index (χ3v) is 31.2. The quantitative estimate of drug-likeness (QED) is 0.100. The molecule has 9 rings (SSSR count). The molecule has 111 heavy (non-hydrogen) atoms. The lowest BCUT2D eigenvalue weighted by atomic mass is 9.60. The first-order chi connectivity index (χ1) is 50.8. The normalized spacial score (nSPS) is 23.3. The summed E-state index contributed by atoms with van der Waals surface area (Å²) in [5.41, 5.74) is 1.63. The maximum atomic E-state index is 11.8. The molecule has 644 valence electrons. The molecule has 4 heterocycles. The summed E-state index contributed by atoms with van der Waals surface area (Å²) in [6, 6.07) is 0. The van der Waals surface area contributed by atoms with Crippen LogP contribution in [0, 0.1) is 133 Å². The SMILES string of the molecule is C=C1NC(=O)CC1(C(C)C)C(C)C.CC(C)C1(C(C)C)CC(=O)CC(=O)C1.CC(C)C1(C(C)C)CCC(=O)C1.CC(C)C1(C(C)C)CCC(=O)C1.CC(C)C1(C(C)C)CCC(=O)N1.CC(C)C1(C(C)C)CCCC(=O)C1.CC(C)C1(C(C)C)CCCC(=O)N1.CC(C)C1(C(C)C)CCCC1=O.CC(C)C1(C)NCCC1=O. The topological polar surface area (TPSA) is 219 Å². The van der Waals surface area contributed by atoms with Gasteiger partial charge in [0.1, 0.15) is 34.7 Å². The van der Waals surface area contributed by atoms with Gasteiger partial charge in [-0.15, -0.1) is 0 Å². The van der Waals surface area contributed by atoms with Crippen molar-refractivity contribution in [2.24, 2.45) is 133 Å². The molecule has 9 aliphatic rings.